The number of likely N-dealkylation sites (tertiary alicyclic amines) is 1. The van der Waals surface area contributed by atoms with Crippen molar-refractivity contribution in [3.8, 4) is 0 Å². The summed E-state index contributed by atoms with van der Waals surface area (Å²) in [4.78, 5) is 14.7. The highest BCUT2D eigenvalue weighted by atomic mass is 16.5. The predicted molar refractivity (Wildman–Crippen MR) is 103 cm³/mol. The fourth-order valence-electron chi connectivity index (χ4n) is 3.26. The molecular formula is C21H32N2O2. The maximum absolute atomic E-state index is 12.2. The van der Waals surface area contributed by atoms with E-state index in [0.29, 0.717) is 0 Å². The lowest BCUT2D eigenvalue weighted by atomic mass is 9.95. The van der Waals surface area contributed by atoms with Crippen LogP contribution in [0.5, 0.6) is 0 Å². The Bertz CT molecular complexity index is 534. The van der Waals surface area contributed by atoms with Gasteiger partial charge in [0, 0.05) is 32.2 Å². The molecule has 0 aromatic heterocycles. The van der Waals surface area contributed by atoms with Crippen molar-refractivity contribution in [2.45, 2.75) is 33.1 Å². The molecule has 1 amide bonds. The Morgan fingerprint density at radius 2 is 2.00 bits per heavy atom. The van der Waals surface area contributed by atoms with Crippen molar-refractivity contribution in [2.24, 2.45) is 5.92 Å². The molecule has 1 aliphatic heterocycles. The molecule has 0 spiro atoms. The molecular weight excluding hydrogens is 312 g/mol. The highest BCUT2D eigenvalue weighted by molar-refractivity contribution is 5.78. The number of nitrogens with one attached hydrogen (secondary N) is 1. The molecule has 4 nitrogen and oxygen atoms in total. The number of rotatable bonds is 9. The highest BCUT2D eigenvalue weighted by Crippen LogP contribution is 2.19. The van der Waals surface area contributed by atoms with Gasteiger partial charge in [0.1, 0.15) is 0 Å². The van der Waals surface area contributed by atoms with Gasteiger partial charge in [0.15, 0.2) is 0 Å². The maximum atomic E-state index is 12.2. The van der Waals surface area contributed by atoms with Gasteiger partial charge < -0.3 is 10.1 Å². The van der Waals surface area contributed by atoms with Gasteiger partial charge in [0.2, 0.25) is 5.91 Å². The molecule has 0 atom stereocenters. The van der Waals surface area contributed by atoms with E-state index in [1.165, 1.54) is 11.1 Å². The second-order valence-corrected chi connectivity index (χ2v) is 6.79. The van der Waals surface area contributed by atoms with Gasteiger partial charge in [-0.3, -0.25) is 9.69 Å². The highest BCUT2D eigenvalue weighted by Gasteiger charge is 2.24. The number of carbonyl (C=O) groups excluding carboxylic acids is 1. The number of ether oxygens (including phenoxy) is 1. The van der Waals surface area contributed by atoms with Gasteiger partial charge in [-0.2, -0.15) is 0 Å². The van der Waals surface area contributed by atoms with Gasteiger partial charge in [0.05, 0.1) is 0 Å². The van der Waals surface area contributed by atoms with Crippen LogP contribution >= 0.6 is 0 Å². The molecule has 1 aromatic rings. The molecule has 0 radical (unpaired) electrons. The average molecular weight is 344 g/mol. The van der Waals surface area contributed by atoms with Crippen LogP contribution in [0.15, 0.2) is 35.9 Å². The van der Waals surface area contributed by atoms with E-state index < -0.39 is 0 Å². The number of nitrogens with zero attached hydrogens (tertiary/aromatic N) is 1. The van der Waals surface area contributed by atoms with Crippen LogP contribution in [-0.2, 0) is 9.53 Å². The monoisotopic (exact) mass is 344 g/mol. The van der Waals surface area contributed by atoms with Crippen LogP contribution in [0.3, 0.4) is 0 Å². The summed E-state index contributed by atoms with van der Waals surface area (Å²) in [5.41, 5.74) is 2.62. The van der Waals surface area contributed by atoms with Gasteiger partial charge in [0.25, 0.3) is 0 Å². The number of hydrogen-bond acceptors (Lipinski definition) is 3. The summed E-state index contributed by atoms with van der Waals surface area (Å²) in [6, 6.07) is 10.4. The molecule has 0 bridgehead atoms. The van der Waals surface area contributed by atoms with Crippen LogP contribution in [0, 0.1) is 5.92 Å². The van der Waals surface area contributed by atoms with Crippen LogP contribution in [-0.4, -0.2) is 50.2 Å². The fourth-order valence-corrected chi connectivity index (χ4v) is 3.26. The van der Waals surface area contributed by atoms with Crippen LogP contribution < -0.4 is 5.32 Å². The molecule has 25 heavy (non-hydrogen) atoms. The van der Waals surface area contributed by atoms with E-state index >= 15 is 0 Å². The van der Waals surface area contributed by atoms with E-state index in [4.69, 9.17) is 4.74 Å². The van der Waals surface area contributed by atoms with Crippen LogP contribution in [0.4, 0.5) is 0 Å². The third-order valence-electron chi connectivity index (χ3n) is 4.61. The van der Waals surface area contributed by atoms with Gasteiger partial charge in [-0.25, -0.2) is 0 Å². The minimum absolute atomic E-state index is 0.168. The Morgan fingerprint density at radius 1 is 1.28 bits per heavy atom. The summed E-state index contributed by atoms with van der Waals surface area (Å²) in [5.74, 6) is 0.384. The molecule has 4 heteroatoms. The first-order valence-electron chi connectivity index (χ1n) is 9.49. The van der Waals surface area contributed by atoms with Crippen molar-refractivity contribution >= 4 is 12.0 Å². The van der Waals surface area contributed by atoms with Crippen molar-refractivity contribution in [3.63, 3.8) is 0 Å². The Kier molecular flexibility index (Phi) is 8.70. The van der Waals surface area contributed by atoms with E-state index in [0.717, 1.165) is 58.7 Å². The largest absolute Gasteiger partial charge is 0.382 e. The van der Waals surface area contributed by atoms with Crippen molar-refractivity contribution in [2.75, 3.05) is 39.4 Å². The molecule has 1 heterocycles. The molecule has 1 N–H and O–H groups in total. The first kappa shape index (κ1) is 19.7. The summed E-state index contributed by atoms with van der Waals surface area (Å²) in [7, 11) is 0. The minimum Gasteiger partial charge on any atom is -0.382 e. The van der Waals surface area contributed by atoms with Crippen LogP contribution in [0.2, 0.25) is 0 Å². The van der Waals surface area contributed by atoms with E-state index in [9.17, 15) is 4.79 Å². The molecule has 2 rings (SSSR count). The second kappa shape index (κ2) is 11.1. The van der Waals surface area contributed by atoms with Gasteiger partial charge in [-0.05, 0) is 51.8 Å². The zero-order chi connectivity index (χ0) is 17.9. The van der Waals surface area contributed by atoms with Crippen molar-refractivity contribution in [3.05, 3.63) is 41.5 Å². The van der Waals surface area contributed by atoms with E-state index in [1.54, 1.807) is 0 Å². The summed E-state index contributed by atoms with van der Waals surface area (Å²) >= 11 is 0. The predicted octanol–water partition coefficient (Wildman–Crippen LogP) is 3.34. The van der Waals surface area contributed by atoms with Crippen molar-refractivity contribution in [1.82, 2.24) is 10.2 Å². The van der Waals surface area contributed by atoms with Crippen LogP contribution in [0.25, 0.3) is 6.08 Å². The van der Waals surface area contributed by atoms with Gasteiger partial charge in [-0.15, -0.1) is 0 Å². The lowest BCUT2D eigenvalue weighted by Crippen LogP contribution is -2.41. The Hall–Kier alpha value is -1.65. The smallest absolute Gasteiger partial charge is 0.223 e. The minimum atomic E-state index is 0.168. The quantitative estimate of drug-likeness (QED) is 0.699. The van der Waals surface area contributed by atoms with Crippen molar-refractivity contribution in [1.29, 1.82) is 0 Å². The molecule has 1 fully saturated rings. The van der Waals surface area contributed by atoms with E-state index in [1.807, 2.05) is 13.0 Å². The maximum Gasteiger partial charge on any atom is 0.223 e. The number of piperidine rings is 1. The zero-order valence-electron chi connectivity index (χ0n) is 15.7. The Balaban J connectivity index is 1.67. The first-order chi connectivity index (χ1) is 12.2. The number of benzene rings is 1. The molecule has 138 valence electrons. The summed E-state index contributed by atoms with van der Waals surface area (Å²) < 4.78 is 5.29. The van der Waals surface area contributed by atoms with Gasteiger partial charge in [-0.1, -0.05) is 42.0 Å². The topological polar surface area (TPSA) is 41.6 Å². The summed E-state index contributed by atoms with van der Waals surface area (Å²) in [6.07, 6.45) is 5.05. The van der Waals surface area contributed by atoms with Crippen LogP contribution in [0.1, 0.15) is 38.7 Å². The Morgan fingerprint density at radius 3 is 2.68 bits per heavy atom. The summed E-state index contributed by atoms with van der Waals surface area (Å²) in [6.45, 7) is 9.34. The third kappa shape index (κ3) is 7.41. The SMILES string of the molecule is CCOCCCNC(=O)C1CCN(CC(C)=Cc2ccccc2)CC1. The molecule has 0 saturated carbocycles. The van der Waals surface area contributed by atoms with E-state index in [2.05, 4.69) is 47.5 Å². The standard InChI is InChI=1S/C21H32N2O2/c1-3-25-15-7-12-22-21(24)20-10-13-23(14-11-20)17-18(2)16-19-8-5-4-6-9-19/h4-6,8-9,16,20H,3,7,10-15,17H2,1-2H3,(H,22,24). The Labute approximate surface area is 152 Å². The molecule has 1 aliphatic rings. The molecule has 0 unspecified atom stereocenters. The molecule has 1 saturated heterocycles. The van der Waals surface area contributed by atoms with Gasteiger partial charge >= 0.3 is 0 Å². The van der Waals surface area contributed by atoms with Crippen molar-refractivity contribution < 1.29 is 9.53 Å². The van der Waals surface area contributed by atoms with E-state index in [-0.39, 0.29) is 11.8 Å². The lowest BCUT2D eigenvalue weighted by molar-refractivity contribution is -0.126. The number of hydrogen-bond donors (Lipinski definition) is 1. The number of amides is 1. The average Bonchev–Trinajstić information content (AvgIpc) is 2.63. The normalized spacial score (nSPS) is 16.8. The fraction of sp³-hybridized carbons (Fsp3) is 0.571. The lowest BCUT2D eigenvalue weighted by Gasteiger charge is -2.31. The third-order valence-corrected chi connectivity index (χ3v) is 4.61. The molecule has 1 aromatic carbocycles. The number of carbonyl (C=O) groups is 1. The first-order valence-corrected chi connectivity index (χ1v) is 9.49. The zero-order valence-corrected chi connectivity index (χ0v) is 15.7. The molecule has 0 aliphatic carbocycles. The second-order valence-electron chi connectivity index (χ2n) is 6.79. The summed E-state index contributed by atoms with van der Waals surface area (Å²) in [5, 5.41) is 3.05.